The summed E-state index contributed by atoms with van der Waals surface area (Å²) in [6.07, 6.45) is 4.66. The molecular formula is C29H38N2O2. The zero-order chi connectivity index (χ0) is 23.5. The molecule has 2 unspecified atom stereocenters. The molecule has 4 atom stereocenters. The van der Waals surface area contributed by atoms with Gasteiger partial charge in [-0.2, -0.15) is 0 Å². The molecule has 4 rings (SSSR count). The summed E-state index contributed by atoms with van der Waals surface area (Å²) < 4.78 is 8.51. The van der Waals surface area contributed by atoms with Crippen molar-refractivity contribution in [3.8, 4) is 0 Å². The Morgan fingerprint density at radius 3 is 2.55 bits per heavy atom. The van der Waals surface area contributed by atoms with Gasteiger partial charge in [0.2, 0.25) is 0 Å². The smallest absolute Gasteiger partial charge is 0.329 e. The molecule has 0 N–H and O–H groups in total. The van der Waals surface area contributed by atoms with E-state index in [1.807, 2.05) is 18.2 Å². The number of benzene rings is 2. The van der Waals surface area contributed by atoms with Crippen LogP contribution in [-0.2, 0) is 22.4 Å². The summed E-state index contributed by atoms with van der Waals surface area (Å²) in [7, 11) is 0. The van der Waals surface area contributed by atoms with Crippen molar-refractivity contribution in [2.75, 3.05) is 0 Å². The second kappa shape index (κ2) is 10.1. The van der Waals surface area contributed by atoms with Gasteiger partial charge in [0.1, 0.15) is 18.0 Å². The van der Waals surface area contributed by atoms with E-state index in [1.54, 1.807) is 0 Å². The van der Waals surface area contributed by atoms with E-state index in [0.717, 1.165) is 41.7 Å². The van der Waals surface area contributed by atoms with Crippen molar-refractivity contribution in [2.24, 2.45) is 17.8 Å². The monoisotopic (exact) mass is 446 g/mol. The number of aromatic nitrogens is 2. The third-order valence-electron chi connectivity index (χ3n) is 7.35. The van der Waals surface area contributed by atoms with E-state index in [2.05, 4.69) is 69.5 Å². The van der Waals surface area contributed by atoms with E-state index in [0.29, 0.717) is 24.2 Å². The van der Waals surface area contributed by atoms with Gasteiger partial charge in [-0.1, -0.05) is 76.1 Å². The summed E-state index contributed by atoms with van der Waals surface area (Å²) in [6.45, 7) is 11.0. The fourth-order valence-electron chi connectivity index (χ4n) is 5.40. The van der Waals surface area contributed by atoms with Gasteiger partial charge in [0, 0.05) is 12.8 Å². The Morgan fingerprint density at radius 1 is 1.12 bits per heavy atom. The van der Waals surface area contributed by atoms with Crippen molar-refractivity contribution in [3.63, 3.8) is 0 Å². The summed E-state index contributed by atoms with van der Waals surface area (Å²) in [5.74, 6) is 2.33. The Kier molecular flexibility index (Phi) is 7.21. The third kappa shape index (κ3) is 5.15. The van der Waals surface area contributed by atoms with Crippen molar-refractivity contribution in [1.82, 2.24) is 9.55 Å². The summed E-state index contributed by atoms with van der Waals surface area (Å²) in [5, 5.41) is 0. The van der Waals surface area contributed by atoms with Crippen molar-refractivity contribution in [3.05, 3.63) is 65.5 Å². The molecule has 1 aromatic heterocycles. The van der Waals surface area contributed by atoms with Crippen LogP contribution in [0.4, 0.5) is 0 Å². The summed E-state index contributed by atoms with van der Waals surface area (Å²) in [5.41, 5.74) is 4.29. The second-order valence-corrected chi connectivity index (χ2v) is 10.2. The SMILES string of the molecule is CCc1nc2ccccc2n1[C@H](Cc1ccc(C)cc1)C(=O)O[C@@H]1CC(C)CCC1C(C)C. The highest BCUT2D eigenvalue weighted by molar-refractivity contribution is 5.81. The average molecular weight is 447 g/mol. The number of carbonyl (C=O) groups is 1. The number of hydrogen-bond acceptors (Lipinski definition) is 3. The van der Waals surface area contributed by atoms with E-state index < -0.39 is 6.04 Å². The van der Waals surface area contributed by atoms with Gasteiger partial charge in [-0.05, 0) is 55.2 Å². The number of hydrogen-bond donors (Lipinski definition) is 0. The molecule has 0 radical (unpaired) electrons. The Hall–Kier alpha value is -2.62. The van der Waals surface area contributed by atoms with Crippen molar-refractivity contribution in [1.29, 1.82) is 0 Å². The number of ether oxygens (including phenoxy) is 1. The number of carbonyl (C=O) groups excluding carboxylic acids is 1. The van der Waals surface area contributed by atoms with E-state index in [-0.39, 0.29) is 12.1 Å². The lowest BCUT2D eigenvalue weighted by Crippen LogP contribution is -2.38. The van der Waals surface area contributed by atoms with Crippen LogP contribution in [0.1, 0.15) is 70.0 Å². The van der Waals surface area contributed by atoms with Crippen LogP contribution >= 0.6 is 0 Å². The lowest BCUT2D eigenvalue weighted by atomic mass is 9.75. The molecule has 0 saturated heterocycles. The van der Waals surface area contributed by atoms with Gasteiger partial charge < -0.3 is 9.30 Å². The molecule has 33 heavy (non-hydrogen) atoms. The first-order valence-corrected chi connectivity index (χ1v) is 12.6. The molecular weight excluding hydrogens is 408 g/mol. The first kappa shape index (κ1) is 23.5. The van der Waals surface area contributed by atoms with Gasteiger partial charge in [0.05, 0.1) is 11.0 Å². The quantitative estimate of drug-likeness (QED) is 0.380. The fourth-order valence-corrected chi connectivity index (χ4v) is 5.40. The van der Waals surface area contributed by atoms with Crippen LogP contribution in [0.5, 0.6) is 0 Å². The molecule has 0 spiro atoms. The van der Waals surface area contributed by atoms with E-state index in [4.69, 9.17) is 9.72 Å². The maximum Gasteiger partial charge on any atom is 0.329 e. The van der Waals surface area contributed by atoms with Crippen LogP contribution in [0.15, 0.2) is 48.5 Å². The van der Waals surface area contributed by atoms with Crippen LogP contribution < -0.4 is 0 Å². The summed E-state index contributed by atoms with van der Waals surface area (Å²) in [6, 6.07) is 16.2. The first-order valence-electron chi connectivity index (χ1n) is 12.6. The molecule has 1 saturated carbocycles. The van der Waals surface area contributed by atoms with Gasteiger partial charge in [0.15, 0.2) is 0 Å². The minimum absolute atomic E-state index is 0.0124. The fraction of sp³-hybridized carbons (Fsp3) is 0.517. The molecule has 0 bridgehead atoms. The van der Waals surface area contributed by atoms with Gasteiger partial charge in [-0.15, -0.1) is 0 Å². The third-order valence-corrected chi connectivity index (χ3v) is 7.35. The number of aryl methyl sites for hydroxylation is 2. The summed E-state index contributed by atoms with van der Waals surface area (Å²) in [4.78, 5) is 18.7. The minimum atomic E-state index is -0.430. The van der Waals surface area contributed by atoms with Crippen LogP contribution in [-0.4, -0.2) is 21.6 Å². The van der Waals surface area contributed by atoms with Gasteiger partial charge >= 0.3 is 5.97 Å². The predicted molar refractivity (Wildman–Crippen MR) is 134 cm³/mol. The predicted octanol–water partition coefficient (Wildman–Crippen LogP) is 6.69. The van der Waals surface area contributed by atoms with Crippen LogP contribution in [0.3, 0.4) is 0 Å². The number of nitrogens with zero attached hydrogens (tertiary/aromatic N) is 2. The number of imidazole rings is 1. The van der Waals surface area contributed by atoms with E-state index >= 15 is 0 Å². The zero-order valence-electron chi connectivity index (χ0n) is 20.8. The zero-order valence-corrected chi connectivity index (χ0v) is 20.8. The highest BCUT2D eigenvalue weighted by Crippen LogP contribution is 2.36. The van der Waals surface area contributed by atoms with Crippen LogP contribution in [0.25, 0.3) is 11.0 Å². The minimum Gasteiger partial charge on any atom is -0.461 e. The Morgan fingerprint density at radius 2 is 1.85 bits per heavy atom. The average Bonchev–Trinajstić information content (AvgIpc) is 3.17. The second-order valence-electron chi connectivity index (χ2n) is 10.2. The summed E-state index contributed by atoms with van der Waals surface area (Å²) >= 11 is 0. The molecule has 176 valence electrons. The molecule has 2 aromatic carbocycles. The van der Waals surface area contributed by atoms with Crippen LogP contribution in [0.2, 0.25) is 0 Å². The number of para-hydroxylation sites is 2. The van der Waals surface area contributed by atoms with Gasteiger partial charge in [0.25, 0.3) is 0 Å². The topological polar surface area (TPSA) is 44.1 Å². The van der Waals surface area contributed by atoms with E-state index in [1.165, 1.54) is 12.0 Å². The van der Waals surface area contributed by atoms with Gasteiger partial charge in [-0.25, -0.2) is 9.78 Å². The highest BCUT2D eigenvalue weighted by Gasteiger charge is 2.36. The standard InChI is InChI=1S/C29H38N2O2/c1-6-28-30-24-9-7-8-10-25(24)31(28)26(18-22-14-11-20(4)12-15-22)29(32)33-27-17-21(5)13-16-23(27)19(2)3/h7-12,14-15,19,21,23,26-27H,6,13,16-18H2,1-5H3/t21?,23?,26-,27-/m1/s1. The molecule has 0 amide bonds. The Labute approximate surface area is 198 Å². The molecule has 4 nitrogen and oxygen atoms in total. The number of fused-ring (bicyclic) bond motifs is 1. The largest absolute Gasteiger partial charge is 0.461 e. The Balaban J connectivity index is 1.71. The maximum atomic E-state index is 13.9. The number of rotatable bonds is 7. The van der Waals surface area contributed by atoms with Crippen LogP contribution in [0, 0.1) is 24.7 Å². The molecule has 0 aliphatic heterocycles. The first-order chi connectivity index (χ1) is 15.9. The molecule has 3 aromatic rings. The molecule has 1 aliphatic carbocycles. The van der Waals surface area contributed by atoms with Crippen molar-refractivity contribution >= 4 is 17.0 Å². The maximum absolute atomic E-state index is 13.9. The van der Waals surface area contributed by atoms with Crippen molar-refractivity contribution in [2.45, 2.75) is 78.9 Å². The lowest BCUT2D eigenvalue weighted by Gasteiger charge is -2.37. The normalized spacial score (nSPS) is 21.9. The highest BCUT2D eigenvalue weighted by atomic mass is 16.5. The lowest BCUT2D eigenvalue weighted by molar-refractivity contribution is -0.160. The number of esters is 1. The van der Waals surface area contributed by atoms with Crippen molar-refractivity contribution < 1.29 is 9.53 Å². The molecule has 1 fully saturated rings. The van der Waals surface area contributed by atoms with E-state index in [9.17, 15) is 4.79 Å². The molecule has 4 heteroatoms. The molecule has 1 aliphatic rings. The molecule has 1 heterocycles. The Bertz CT molecular complexity index is 1080. The van der Waals surface area contributed by atoms with Gasteiger partial charge in [-0.3, -0.25) is 0 Å².